The summed E-state index contributed by atoms with van der Waals surface area (Å²) in [5, 5.41) is 2.69. The van der Waals surface area contributed by atoms with E-state index in [9.17, 15) is 8.78 Å². The number of hydrogen-bond donors (Lipinski definition) is 1. The molecule has 0 amide bonds. The van der Waals surface area contributed by atoms with Gasteiger partial charge in [0.05, 0.1) is 6.54 Å². The highest BCUT2D eigenvalue weighted by Gasteiger charge is 2.28. The van der Waals surface area contributed by atoms with Gasteiger partial charge in [0.15, 0.2) is 5.96 Å². The number of halogens is 3. The molecule has 3 nitrogen and oxygen atoms in total. The first-order valence-corrected chi connectivity index (χ1v) is 6.31. The van der Waals surface area contributed by atoms with Gasteiger partial charge in [-0.3, -0.25) is 4.99 Å². The first-order valence-electron chi connectivity index (χ1n) is 5.32. The van der Waals surface area contributed by atoms with Gasteiger partial charge in [-0.25, -0.2) is 8.78 Å². The highest BCUT2D eigenvalue weighted by Crippen LogP contribution is 2.29. The Morgan fingerprint density at radius 3 is 2.65 bits per heavy atom. The summed E-state index contributed by atoms with van der Waals surface area (Å²) >= 11 is 1.90. The summed E-state index contributed by atoms with van der Waals surface area (Å²) < 4.78 is 24.4. The summed E-state index contributed by atoms with van der Waals surface area (Å²) in [4.78, 5) is 6.08. The third kappa shape index (κ3) is 6.08. The van der Waals surface area contributed by atoms with Crippen LogP contribution in [0.3, 0.4) is 0 Å². The Morgan fingerprint density at radius 1 is 1.53 bits per heavy atom. The van der Waals surface area contributed by atoms with Crippen LogP contribution in [0.25, 0.3) is 0 Å². The van der Waals surface area contributed by atoms with Crippen LogP contribution in [0.2, 0.25) is 0 Å². The van der Waals surface area contributed by atoms with Crippen LogP contribution in [0.5, 0.6) is 0 Å². The van der Waals surface area contributed by atoms with Crippen molar-refractivity contribution in [2.45, 2.75) is 25.0 Å². The van der Waals surface area contributed by atoms with E-state index in [2.05, 4.69) is 24.2 Å². The largest absolute Gasteiger partial charge is 0.351 e. The van der Waals surface area contributed by atoms with Gasteiger partial charge in [-0.1, -0.05) is 0 Å². The number of hydrogen-bond acceptors (Lipinski definition) is 2. The van der Waals surface area contributed by atoms with Gasteiger partial charge in [-0.15, -0.1) is 24.0 Å². The average Bonchev–Trinajstić information content (AvgIpc) is 2.16. The van der Waals surface area contributed by atoms with E-state index in [0.29, 0.717) is 5.96 Å². The number of nitrogens with one attached hydrogen (secondary N) is 1. The molecule has 0 saturated carbocycles. The maximum absolute atomic E-state index is 12.1. The molecule has 0 unspecified atom stereocenters. The molecular weight excluding hydrogens is 359 g/mol. The zero-order valence-electron chi connectivity index (χ0n) is 10.4. The molecule has 1 aliphatic heterocycles. The van der Waals surface area contributed by atoms with Crippen LogP contribution in [0.4, 0.5) is 8.78 Å². The fourth-order valence-electron chi connectivity index (χ4n) is 1.70. The van der Waals surface area contributed by atoms with Crippen molar-refractivity contribution in [2.24, 2.45) is 4.99 Å². The van der Waals surface area contributed by atoms with Gasteiger partial charge < -0.3 is 10.2 Å². The van der Waals surface area contributed by atoms with Gasteiger partial charge in [0, 0.05) is 30.6 Å². The maximum atomic E-state index is 12.1. The minimum atomic E-state index is -2.34. The average molecular weight is 379 g/mol. The standard InChI is InChI=1S/C10H19F2N3S.HI/c1-10(2)7-15(4-5-16-10)9(13-3)14-6-8(11)12;/h8H,4-7H2,1-3H3,(H,13,14);1H. The minimum absolute atomic E-state index is 0. The second kappa shape index (κ2) is 7.60. The lowest BCUT2D eigenvalue weighted by molar-refractivity contribution is 0.150. The monoisotopic (exact) mass is 379 g/mol. The molecule has 102 valence electrons. The van der Waals surface area contributed by atoms with E-state index in [1.54, 1.807) is 7.05 Å². The number of guanidine groups is 1. The SMILES string of the molecule is CN=C(NCC(F)F)N1CCSC(C)(C)C1.I. The highest BCUT2D eigenvalue weighted by atomic mass is 127. The van der Waals surface area contributed by atoms with E-state index in [4.69, 9.17) is 0 Å². The summed E-state index contributed by atoms with van der Waals surface area (Å²) in [7, 11) is 1.63. The third-order valence-electron chi connectivity index (χ3n) is 2.35. The molecule has 17 heavy (non-hydrogen) atoms. The van der Waals surface area contributed by atoms with E-state index >= 15 is 0 Å². The second-order valence-electron chi connectivity index (χ2n) is 4.35. The molecule has 1 saturated heterocycles. The Bertz CT molecular complexity index is 262. The molecule has 0 spiro atoms. The number of thioether (sulfide) groups is 1. The number of aliphatic imine (C=N–C) groups is 1. The van der Waals surface area contributed by atoms with E-state index < -0.39 is 6.43 Å². The van der Waals surface area contributed by atoms with Gasteiger partial charge in [0.1, 0.15) is 0 Å². The molecule has 0 atom stereocenters. The summed E-state index contributed by atoms with van der Waals surface area (Å²) in [6, 6.07) is 0. The van der Waals surface area contributed by atoms with E-state index in [-0.39, 0.29) is 35.3 Å². The van der Waals surface area contributed by atoms with Crippen LogP contribution in [-0.2, 0) is 0 Å². The highest BCUT2D eigenvalue weighted by molar-refractivity contribution is 14.0. The molecule has 0 radical (unpaired) electrons. The van der Waals surface area contributed by atoms with Gasteiger partial charge in [0.25, 0.3) is 6.43 Å². The molecule has 1 fully saturated rings. The van der Waals surface area contributed by atoms with Gasteiger partial charge >= 0.3 is 0 Å². The van der Waals surface area contributed by atoms with Crippen LogP contribution in [0, 0.1) is 0 Å². The molecule has 0 aromatic carbocycles. The minimum Gasteiger partial charge on any atom is -0.351 e. The number of rotatable bonds is 2. The van der Waals surface area contributed by atoms with Gasteiger partial charge in [-0.05, 0) is 13.8 Å². The molecule has 7 heteroatoms. The van der Waals surface area contributed by atoms with Crippen molar-refractivity contribution < 1.29 is 8.78 Å². The Labute approximate surface area is 123 Å². The van der Waals surface area contributed by atoms with Crippen molar-refractivity contribution in [3.63, 3.8) is 0 Å². The Hall–Kier alpha value is 0.210. The predicted octanol–water partition coefficient (Wildman–Crippen LogP) is 2.27. The van der Waals surface area contributed by atoms with Crippen LogP contribution in [0.15, 0.2) is 4.99 Å². The topological polar surface area (TPSA) is 27.6 Å². The first kappa shape index (κ1) is 17.2. The van der Waals surface area contributed by atoms with Crippen molar-refractivity contribution in [1.29, 1.82) is 0 Å². The van der Waals surface area contributed by atoms with E-state index in [0.717, 1.165) is 18.8 Å². The molecule has 1 aliphatic rings. The van der Waals surface area contributed by atoms with E-state index in [1.165, 1.54) is 0 Å². The molecular formula is C10H20F2IN3S. The van der Waals surface area contributed by atoms with Crippen LogP contribution in [0.1, 0.15) is 13.8 Å². The van der Waals surface area contributed by atoms with Crippen LogP contribution >= 0.6 is 35.7 Å². The Balaban J connectivity index is 0.00000256. The molecule has 1 N–H and O–H groups in total. The zero-order chi connectivity index (χ0) is 12.2. The predicted molar refractivity (Wildman–Crippen MR) is 80.9 cm³/mol. The fraction of sp³-hybridized carbons (Fsp3) is 0.900. The van der Waals surface area contributed by atoms with Crippen LogP contribution in [-0.4, -0.2) is 54.5 Å². The smallest absolute Gasteiger partial charge is 0.255 e. The maximum Gasteiger partial charge on any atom is 0.255 e. The molecule has 0 aromatic heterocycles. The summed E-state index contributed by atoms with van der Waals surface area (Å²) in [6.45, 7) is 5.67. The fourth-order valence-corrected chi connectivity index (χ4v) is 2.81. The lowest BCUT2D eigenvalue weighted by Crippen LogP contribution is -2.51. The number of nitrogens with zero attached hydrogens (tertiary/aromatic N) is 2. The quantitative estimate of drug-likeness (QED) is 0.453. The molecule has 1 heterocycles. The van der Waals surface area contributed by atoms with E-state index in [1.807, 2.05) is 16.7 Å². The molecule has 0 bridgehead atoms. The first-order chi connectivity index (χ1) is 7.44. The number of alkyl halides is 2. The van der Waals surface area contributed by atoms with Crippen molar-refractivity contribution >= 4 is 41.7 Å². The molecule has 0 aliphatic carbocycles. The second-order valence-corrected chi connectivity index (χ2v) is 6.15. The van der Waals surface area contributed by atoms with Gasteiger partial charge in [-0.2, -0.15) is 11.8 Å². The van der Waals surface area contributed by atoms with Gasteiger partial charge in [0.2, 0.25) is 0 Å². The third-order valence-corrected chi connectivity index (χ3v) is 3.65. The summed E-state index contributed by atoms with van der Waals surface area (Å²) in [5.74, 6) is 1.58. The molecule has 0 aromatic rings. The summed E-state index contributed by atoms with van der Waals surface area (Å²) in [6.07, 6.45) is -2.34. The summed E-state index contributed by atoms with van der Waals surface area (Å²) in [5.41, 5.74) is 0. The lowest BCUT2D eigenvalue weighted by atomic mass is 10.2. The Kier molecular flexibility index (Phi) is 7.70. The van der Waals surface area contributed by atoms with Crippen molar-refractivity contribution in [3.8, 4) is 0 Å². The normalized spacial score (nSPS) is 20.1. The van der Waals surface area contributed by atoms with Crippen molar-refractivity contribution in [3.05, 3.63) is 0 Å². The molecule has 1 rings (SSSR count). The van der Waals surface area contributed by atoms with Crippen LogP contribution < -0.4 is 5.32 Å². The zero-order valence-corrected chi connectivity index (χ0v) is 13.5. The Morgan fingerprint density at radius 2 is 2.18 bits per heavy atom. The van der Waals surface area contributed by atoms with Crippen molar-refractivity contribution in [2.75, 3.05) is 32.4 Å². The van der Waals surface area contributed by atoms with Crippen molar-refractivity contribution in [1.82, 2.24) is 10.2 Å². The lowest BCUT2D eigenvalue weighted by Gasteiger charge is -2.39.